The molecule has 1 saturated heterocycles. The molecule has 25 heavy (non-hydrogen) atoms. The molecule has 1 amide bonds. The second kappa shape index (κ2) is 7.03. The third kappa shape index (κ3) is 3.39. The van der Waals surface area contributed by atoms with Crippen molar-refractivity contribution in [2.75, 3.05) is 19.6 Å². The van der Waals surface area contributed by atoms with E-state index in [1.807, 2.05) is 36.4 Å². The number of likely N-dealkylation sites (tertiary alicyclic amines) is 1. The number of para-hydroxylation sites is 2. The van der Waals surface area contributed by atoms with Crippen LogP contribution in [0.3, 0.4) is 0 Å². The second-order valence-corrected chi connectivity index (χ2v) is 6.23. The van der Waals surface area contributed by atoms with E-state index in [0.29, 0.717) is 12.2 Å². The van der Waals surface area contributed by atoms with Gasteiger partial charge in [-0.15, -0.1) is 0 Å². The number of hydrogen-bond donors (Lipinski definition) is 1. The highest BCUT2D eigenvalue weighted by atomic mass is 16.3. The predicted octanol–water partition coefficient (Wildman–Crippen LogP) is 2.79. The molecule has 6 heteroatoms. The Kier molecular flexibility index (Phi) is 4.43. The Morgan fingerprint density at radius 1 is 1.16 bits per heavy atom. The fraction of sp³-hybridized carbons (Fsp3) is 0.316. The molecule has 3 heterocycles. The summed E-state index contributed by atoms with van der Waals surface area (Å²) >= 11 is 0. The number of fused-ring (bicyclic) bond motifs is 1. The van der Waals surface area contributed by atoms with Crippen LogP contribution in [-0.2, 0) is 0 Å². The number of aromatic nitrogens is 2. The molecule has 0 radical (unpaired) electrons. The van der Waals surface area contributed by atoms with Crippen LogP contribution in [-0.4, -0.2) is 40.4 Å². The number of benzene rings is 1. The van der Waals surface area contributed by atoms with Gasteiger partial charge in [0.1, 0.15) is 11.5 Å². The molecule has 1 aliphatic rings. The third-order valence-corrected chi connectivity index (χ3v) is 4.59. The molecule has 2 aromatic heterocycles. The lowest BCUT2D eigenvalue weighted by Gasteiger charge is -2.25. The number of nitrogens with zero attached hydrogens (tertiary/aromatic N) is 3. The molecule has 0 saturated carbocycles. The summed E-state index contributed by atoms with van der Waals surface area (Å²) in [5, 5.41) is 2.99. The van der Waals surface area contributed by atoms with Crippen molar-refractivity contribution in [1.29, 1.82) is 0 Å². The minimum atomic E-state index is -0.214. The van der Waals surface area contributed by atoms with Gasteiger partial charge in [-0.1, -0.05) is 12.1 Å². The van der Waals surface area contributed by atoms with Gasteiger partial charge in [-0.2, -0.15) is 0 Å². The normalized spacial score (nSPS) is 16.2. The maximum absolute atomic E-state index is 12.5. The van der Waals surface area contributed by atoms with Crippen molar-refractivity contribution >= 4 is 16.9 Å². The highest BCUT2D eigenvalue weighted by molar-refractivity contribution is 5.93. The van der Waals surface area contributed by atoms with Gasteiger partial charge in [0.15, 0.2) is 0 Å². The largest absolute Gasteiger partial charge is 0.468 e. The highest BCUT2D eigenvalue weighted by Gasteiger charge is 2.26. The topological polar surface area (TPSA) is 71.3 Å². The fourth-order valence-corrected chi connectivity index (χ4v) is 3.29. The maximum Gasteiger partial charge on any atom is 0.271 e. The number of amides is 1. The smallest absolute Gasteiger partial charge is 0.271 e. The quantitative estimate of drug-likeness (QED) is 0.776. The van der Waals surface area contributed by atoms with Crippen molar-refractivity contribution < 1.29 is 9.21 Å². The van der Waals surface area contributed by atoms with E-state index in [1.165, 1.54) is 19.0 Å². The summed E-state index contributed by atoms with van der Waals surface area (Å²) in [4.78, 5) is 23.6. The van der Waals surface area contributed by atoms with Gasteiger partial charge in [-0.25, -0.2) is 4.98 Å². The Labute approximate surface area is 145 Å². The van der Waals surface area contributed by atoms with E-state index in [4.69, 9.17) is 4.42 Å². The van der Waals surface area contributed by atoms with E-state index in [1.54, 1.807) is 6.26 Å². The average molecular weight is 336 g/mol. The molecule has 1 aliphatic heterocycles. The van der Waals surface area contributed by atoms with Crippen molar-refractivity contribution in [3.05, 3.63) is 60.3 Å². The van der Waals surface area contributed by atoms with E-state index in [0.717, 1.165) is 29.9 Å². The van der Waals surface area contributed by atoms with Crippen LogP contribution in [0, 0.1) is 0 Å². The molecule has 0 bridgehead atoms. The van der Waals surface area contributed by atoms with E-state index in [9.17, 15) is 4.79 Å². The van der Waals surface area contributed by atoms with E-state index >= 15 is 0 Å². The molecule has 6 nitrogen and oxygen atoms in total. The number of carbonyl (C=O) groups is 1. The lowest BCUT2D eigenvalue weighted by molar-refractivity contribution is 0.0929. The van der Waals surface area contributed by atoms with Crippen LogP contribution >= 0.6 is 0 Å². The Hall–Kier alpha value is -2.73. The first-order chi connectivity index (χ1) is 12.3. The summed E-state index contributed by atoms with van der Waals surface area (Å²) < 4.78 is 5.58. The van der Waals surface area contributed by atoms with Crippen LogP contribution in [0.15, 0.2) is 53.3 Å². The summed E-state index contributed by atoms with van der Waals surface area (Å²) in [6, 6.07) is 11.4. The van der Waals surface area contributed by atoms with Crippen molar-refractivity contribution in [1.82, 2.24) is 20.2 Å². The molecule has 128 valence electrons. The van der Waals surface area contributed by atoms with Crippen molar-refractivity contribution in [2.45, 2.75) is 18.9 Å². The minimum absolute atomic E-state index is 0.0508. The van der Waals surface area contributed by atoms with Gasteiger partial charge in [0.2, 0.25) is 0 Å². The van der Waals surface area contributed by atoms with Crippen molar-refractivity contribution in [3.8, 4) is 0 Å². The molecule has 1 atom stereocenters. The first-order valence-corrected chi connectivity index (χ1v) is 8.59. The number of nitrogens with one attached hydrogen (secondary N) is 1. The van der Waals surface area contributed by atoms with Crippen LogP contribution < -0.4 is 5.32 Å². The number of rotatable bonds is 5. The molecule has 1 N–H and O–H groups in total. The Bertz CT molecular complexity index is 857. The summed E-state index contributed by atoms with van der Waals surface area (Å²) in [6.45, 7) is 2.54. The standard InChI is InChI=1S/C19H20N4O2/c24-19(16-12-20-14-6-1-2-7-15(14)22-16)21-13-17(18-8-5-11-25-18)23-9-3-4-10-23/h1-2,5-8,11-12,17H,3-4,9-10,13H2,(H,21,24). The van der Waals surface area contributed by atoms with Crippen LogP contribution in [0.5, 0.6) is 0 Å². The highest BCUT2D eigenvalue weighted by Crippen LogP contribution is 2.25. The molecule has 0 spiro atoms. The zero-order valence-electron chi connectivity index (χ0n) is 13.9. The first kappa shape index (κ1) is 15.8. The fourth-order valence-electron chi connectivity index (χ4n) is 3.29. The molecular weight excluding hydrogens is 316 g/mol. The lowest BCUT2D eigenvalue weighted by atomic mass is 10.2. The SMILES string of the molecule is O=C(NCC(c1ccco1)N1CCCC1)c1cnc2ccccc2n1. The summed E-state index contributed by atoms with van der Waals surface area (Å²) in [7, 11) is 0. The van der Waals surface area contributed by atoms with Crippen LogP contribution in [0.25, 0.3) is 11.0 Å². The number of carbonyl (C=O) groups excluding carboxylic acids is 1. The number of furan rings is 1. The monoisotopic (exact) mass is 336 g/mol. The van der Waals surface area contributed by atoms with Crippen LogP contribution in [0.4, 0.5) is 0 Å². The minimum Gasteiger partial charge on any atom is -0.468 e. The van der Waals surface area contributed by atoms with Gasteiger partial charge in [-0.3, -0.25) is 14.7 Å². The third-order valence-electron chi connectivity index (χ3n) is 4.59. The average Bonchev–Trinajstić information content (AvgIpc) is 3.36. The number of hydrogen-bond acceptors (Lipinski definition) is 5. The van der Waals surface area contributed by atoms with E-state index < -0.39 is 0 Å². The molecule has 4 rings (SSSR count). The van der Waals surface area contributed by atoms with Crippen molar-refractivity contribution in [3.63, 3.8) is 0 Å². The lowest BCUT2D eigenvalue weighted by Crippen LogP contribution is -2.37. The van der Waals surface area contributed by atoms with Gasteiger partial charge in [0.25, 0.3) is 5.91 Å². The molecule has 1 aromatic carbocycles. The zero-order chi connectivity index (χ0) is 17.1. The van der Waals surface area contributed by atoms with Crippen LogP contribution in [0.1, 0.15) is 35.1 Å². The summed E-state index contributed by atoms with van der Waals surface area (Å²) in [5.41, 5.74) is 1.83. The van der Waals surface area contributed by atoms with Crippen molar-refractivity contribution in [2.24, 2.45) is 0 Å². The molecule has 1 fully saturated rings. The molecule has 3 aromatic rings. The molecule has 1 unspecified atom stereocenters. The van der Waals surface area contributed by atoms with Gasteiger partial charge in [0.05, 0.1) is 29.5 Å². The Morgan fingerprint density at radius 2 is 1.96 bits per heavy atom. The van der Waals surface area contributed by atoms with Gasteiger partial charge < -0.3 is 9.73 Å². The first-order valence-electron chi connectivity index (χ1n) is 8.59. The predicted molar refractivity (Wildman–Crippen MR) is 94.1 cm³/mol. The molecular formula is C19H20N4O2. The van der Waals surface area contributed by atoms with Gasteiger partial charge in [-0.05, 0) is 50.2 Å². The van der Waals surface area contributed by atoms with E-state index in [-0.39, 0.29) is 11.9 Å². The maximum atomic E-state index is 12.5. The Morgan fingerprint density at radius 3 is 2.72 bits per heavy atom. The van der Waals surface area contributed by atoms with Gasteiger partial charge >= 0.3 is 0 Å². The Balaban J connectivity index is 1.48. The van der Waals surface area contributed by atoms with Gasteiger partial charge in [0, 0.05) is 6.54 Å². The molecule has 0 aliphatic carbocycles. The van der Waals surface area contributed by atoms with E-state index in [2.05, 4.69) is 20.2 Å². The zero-order valence-corrected chi connectivity index (χ0v) is 13.9. The van der Waals surface area contributed by atoms with Crippen LogP contribution in [0.2, 0.25) is 0 Å². The second-order valence-electron chi connectivity index (χ2n) is 6.23. The summed E-state index contributed by atoms with van der Waals surface area (Å²) in [5.74, 6) is 0.667. The summed E-state index contributed by atoms with van der Waals surface area (Å²) in [6.07, 6.45) is 5.56.